The molecule has 4 nitrogen and oxygen atoms in total. The van der Waals surface area contributed by atoms with Gasteiger partial charge in [0, 0.05) is 0 Å². The number of benzene rings is 20. The molecule has 0 saturated heterocycles. The van der Waals surface area contributed by atoms with E-state index in [2.05, 4.69) is 72.8 Å². The molecule has 0 saturated carbocycles. The minimum absolute atomic E-state index is 0.135. The topological polar surface area (TPSA) is 59.4 Å². The molecule has 29 aromatic carbocycles. The van der Waals surface area contributed by atoms with Gasteiger partial charge in [-0.05, 0) is 0 Å². The van der Waals surface area contributed by atoms with Crippen LogP contribution in [0, 0.1) is 0 Å². The third-order valence-electron chi connectivity index (χ3n) is 26.9. The Labute approximate surface area is 471 Å². The molecule has 0 spiro atoms. The fraction of sp³-hybridized carbons (Fsp3) is 0.0250. The number of rotatable bonds is 3. The van der Waals surface area contributed by atoms with Crippen LogP contribution in [-0.2, 0) is 11.0 Å². The van der Waals surface area contributed by atoms with Gasteiger partial charge < -0.3 is 0 Å². The van der Waals surface area contributed by atoms with E-state index in [0.717, 1.165) is 60.9 Å². The summed E-state index contributed by atoms with van der Waals surface area (Å²) in [7, 11) is 0. The summed E-state index contributed by atoms with van der Waals surface area (Å²) in [6.07, 6.45) is 1.97. The van der Waals surface area contributed by atoms with Crippen molar-refractivity contribution in [1.29, 1.82) is 0 Å². The van der Waals surface area contributed by atoms with Crippen molar-refractivity contribution in [3.05, 3.63) is 134 Å². The monoisotopic (exact) mass is 1110 g/mol. The van der Waals surface area contributed by atoms with Crippen LogP contribution in [0.5, 0.6) is 0 Å². The van der Waals surface area contributed by atoms with E-state index < -0.39 is 25.5 Å². The van der Waals surface area contributed by atoms with Crippen molar-refractivity contribution >= 4 is 315 Å². The number of hydrogen-bond acceptors (Lipinski definition) is 4. The summed E-state index contributed by atoms with van der Waals surface area (Å²) in [6, 6.07) is 28.2. The fourth-order valence-corrected chi connectivity index (χ4v) is 28.7. The Morgan fingerprint density at radius 3 is 1.12 bits per heavy atom. The number of aliphatic imine (C=N–C) groups is 1. The van der Waals surface area contributed by atoms with Crippen LogP contribution in [0.15, 0.2) is 94.8 Å². The molecule has 0 N–H and O–H groups in total. The van der Waals surface area contributed by atoms with Crippen LogP contribution in [0.25, 0.3) is 289 Å². The van der Waals surface area contributed by atoms with E-state index in [4.69, 9.17) is 9.98 Å². The van der Waals surface area contributed by atoms with E-state index in [1.54, 1.807) is 0 Å². The van der Waals surface area contributed by atoms with Gasteiger partial charge in [0.2, 0.25) is 0 Å². The molecular weight excluding hydrogens is 1100 g/mol. The van der Waals surface area contributed by atoms with E-state index in [-0.39, 0.29) is 11.2 Å². The molecular formula is C80H14N2O2Se. The van der Waals surface area contributed by atoms with Crippen LogP contribution in [-0.4, -0.2) is 31.0 Å². The zero-order valence-corrected chi connectivity index (χ0v) is 44.9. The standard InChI is InChI=1S/C80H14N2O2Se/c83-74-68-58-50-35-32-24-20-18-19-22-26-27-23(19)29-28(20)38-43(32)53(50)63-60-48(38)39(29)45-37(27)44-40-34(26)47-42-31(22)30-21(18)25(24)33-36(35)51-56-46(33)41(30)49(42)62-66(56)75(69(74)59(51)58)85-76-67(62)57(47)52(40)61-64-54(44)55(45)65(60)73-72(64)79(78(84)70(61)76,16-11-5-2-6-12-16)77(15-9-3-1-4-10-15)82-80(73,71(63)68)17-13-7-8-14-81-17/h1-14H. The molecule has 362 valence electrons. The van der Waals surface area contributed by atoms with Crippen LogP contribution in [0.4, 0.5) is 0 Å². The molecule has 0 radical (unpaired) electrons. The Balaban J connectivity index is 1.12. The normalized spacial score (nSPS) is 20.2. The molecule has 2 atom stereocenters. The second-order valence-electron chi connectivity index (χ2n) is 28.3. The van der Waals surface area contributed by atoms with E-state index in [1.807, 2.05) is 12.3 Å². The third-order valence-corrected chi connectivity index (χ3v) is 29.5. The summed E-state index contributed by atoms with van der Waals surface area (Å²) in [5, 5.41) is 71.9. The average molecular weight is 1110 g/mol. The van der Waals surface area contributed by atoms with Gasteiger partial charge in [0.25, 0.3) is 0 Å². The first kappa shape index (κ1) is 34.9. The minimum atomic E-state index is -1.41. The molecule has 0 amide bonds. The van der Waals surface area contributed by atoms with Crippen LogP contribution < -0.4 is 5.43 Å². The van der Waals surface area contributed by atoms with Crippen molar-refractivity contribution in [2.45, 2.75) is 11.0 Å². The Hall–Kier alpha value is -10.4. The predicted octanol–water partition coefficient (Wildman–Crippen LogP) is 19.0. The number of carbonyl (C=O) groups excluding carboxylic acids is 1. The Morgan fingerprint density at radius 2 is 0.647 bits per heavy atom. The Bertz CT molecular complexity index is 8740. The number of fused-ring (bicyclic) bond motifs is 4. The zero-order valence-electron chi connectivity index (χ0n) is 43.2. The number of hydrogen-bond donors (Lipinski definition) is 0. The van der Waals surface area contributed by atoms with Gasteiger partial charge >= 0.3 is 475 Å². The summed E-state index contributed by atoms with van der Waals surface area (Å²) < 4.78 is 2.40. The van der Waals surface area contributed by atoms with Crippen molar-refractivity contribution < 1.29 is 4.79 Å². The van der Waals surface area contributed by atoms with Crippen molar-refractivity contribution in [3.8, 4) is 0 Å². The quantitative estimate of drug-likeness (QED) is 0.101. The van der Waals surface area contributed by atoms with Crippen molar-refractivity contribution in [3.63, 3.8) is 0 Å². The molecule has 2 aromatic heterocycles. The summed E-state index contributed by atoms with van der Waals surface area (Å²) in [5.74, 6) is 0.135. The fourth-order valence-electron chi connectivity index (χ4n) is 25.8. The second kappa shape index (κ2) is 8.74. The Morgan fingerprint density at radius 1 is 0.294 bits per heavy atom. The second-order valence-corrected chi connectivity index (χ2v) is 30.4. The molecule has 31 aromatic rings. The SMILES string of the molecule is O=C1c2c3[se]c4c5c(=O)c6c7c8c9c%10c%11c(c%12c2c2c%13c3c3c4c4c%14c5c6c5c8c6c8c9c9c%15c%10c%12c%10c2c2c%13c%12c3c3c4c4c%14c5c6c5c4c4c3c%12c3c2c(c%10%15)c2c9c8c5c4c23)C1(c1ccccc1)C(c1ccccc1)=NC%117c1ccccn1. The molecule has 3 heterocycles. The van der Waals surface area contributed by atoms with Crippen LogP contribution in [0.3, 0.4) is 0 Å². The third kappa shape index (κ3) is 2.21. The summed E-state index contributed by atoms with van der Waals surface area (Å²) in [6.45, 7) is 0. The van der Waals surface area contributed by atoms with Gasteiger partial charge in [0.05, 0.1) is 0 Å². The predicted molar refractivity (Wildman–Crippen MR) is 353 cm³/mol. The Kier molecular flexibility index (Phi) is 3.59. The molecule has 0 fully saturated rings. The van der Waals surface area contributed by atoms with Crippen molar-refractivity contribution in [1.82, 2.24) is 4.98 Å². The van der Waals surface area contributed by atoms with Gasteiger partial charge in [-0.2, -0.15) is 0 Å². The maximum absolute atomic E-state index is 18.8. The van der Waals surface area contributed by atoms with E-state index in [1.165, 1.54) is 272 Å². The first-order valence-corrected chi connectivity index (χ1v) is 32.1. The average Bonchev–Trinajstić information content (AvgIpc) is 1.42. The van der Waals surface area contributed by atoms with E-state index >= 15 is 9.59 Å². The van der Waals surface area contributed by atoms with Crippen LogP contribution >= 0.6 is 0 Å². The molecule has 0 bridgehead atoms. The molecule has 85 heavy (non-hydrogen) atoms. The van der Waals surface area contributed by atoms with Gasteiger partial charge in [-0.3, -0.25) is 0 Å². The molecule has 2 unspecified atom stereocenters. The van der Waals surface area contributed by atoms with Gasteiger partial charge in [-0.15, -0.1) is 0 Å². The van der Waals surface area contributed by atoms with Gasteiger partial charge in [0.15, 0.2) is 0 Å². The number of aromatic nitrogens is 1. The molecule has 2 aliphatic carbocycles. The van der Waals surface area contributed by atoms with Crippen LogP contribution in [0.1, 0.15) is 43.9 Å². The van der Waals surface area contributed by atoms with Gasteiger partial charge in [-0.1, -0.05) is 0 Å². The van der Waals surface area contributed by atoms with Gasteiger partial charge in [-0.25, -0.2) is 0 Å². The molecule has 34 rings (SSSR count). The number of pyridine rings is 1. The first-order valence-electron chi connectivity index (χ1n) is 30.4. The number of Topliss-reactive ketones (excluding diaryl/α,β-unsaturated/α-hetero) is 1. The van der Waals surface area contributed by atoms with Crippen molar-refractivity contribution in [2.75, 3.05) is 0 Å². The molecule has 1 aliphatic heterocycles. The van der Waals surface area contributed by atoms with E-state index in [0.29, 0.717) is 0 Å². The van der Waals surface area contributed by atoms with E-state index in [9.17, 15) is 0 Å². The number of nitrogens with zero attached hydrogens (tertiary/aromatic N) is 2. The van der Waals surface area contributed by atoms with Crippen molar-refractivity contribution in [2.24, 2.45) is 4.99 Å². The summed E-state index contributed by atoms with van der Waals surface area (Å²) in [4.78, 5) is 49.3. The first-order chi connectivity index (χ1) is 42.2. The summed E-state index contributed by atoms with van der Waals surface area (Å²) >= 11 is -0.468. The number of carbonyl (C=O) groups is 1. The maximum atomic E-state index is 18.8. The zero-order chi connectivity index (χ0) is 52.0. The molecule has 5 heteroatoms. The summed E-state index contributed by atoms with van der Waals surface area (Å²) in [5.41, 5.74) is 4.87. The van der Waals surface area contributed by atoms with Crippen LogP contribution in [0.2, 0.25) is 0 Å². The molecule has 3 aliphatic rings. The number of ketones is 1. The van der Waals surface area contributed by atoms with Gasteiger partial charge in [0.1, 0.15) is 0 Å².